The Labute approximate surface area is 113 Å². The molecule has 0 saturated heterocycles. The molecule has 1 N–H and O–H groups in total. The van der Waals surface area contributed by atoms with Gasteiger partial charge >= 0.3 is 0 Å². The van der Waals surface area contributed by atoms with Crippen molar-refractivity contribution in [2.24, 2.45) is 0 Å². The smallest absolute Gasteiger partial charge is 0.126 e. The summed E-state index contributed by atoms with van der Waals surface area (Å²) < 4.78 is 26.7. The monoisotopic (exact) mass is 311 g/mol. The summed E-state index contributed by atoms with van der Waals surface area (Å²) in [5, 5.41) is 3.17. The lowest BCUT2D eigenvalue weighted by atomic mass is 10.1. The molecular weight excluding hydrogens is 300 g/mol. The van der Waals surface area contributed by atoms with Crippen LogP contribution in [0.5, 0.6) is 0 Å². The molecule has 2 aromatic carbocycles. The molecule has 0 fully saturated rings. The van der Waals surface area contributed by atoms with Gasteiger partial charge in [0.05, 0.1) is 0 Å². The van der Waals surface area contributed by atoms with Crippen LogP contribution in [-0.4, -0.2) is 0 Å². The highest BCUT2D eigenvalue weighted by Crippen LogP contribution is 2.23. The summed E-state index contributed by atoms with van der Waals surface area (Å²) in [6.07, 6.45) is 0. The van der Waals surface area contributed by atoms with Crippen molar-refractivity contribution in [1.82, 2.24) is 0 Å². The highest BCUT2D eigenvalue weighted by Gasteiger charge is 2.02. The van der Waals surface area contributed by atoms with Crippen molar-refractivity contribution in [2.75, 3.05) is 5.32 Å². The summed E-state index contributed by atoms with van der Waals surface area (Å²) in [5.74, 6) is -0.494. The molecule has 94 valence electrons. The summed E-state index contributed by atoms with van der Waals surface area (Å²) in [6, 6.07) is 9.43. The fraction of sp³-hybridized carbons (Fsp3) is 0.143. The van der Waals surface area contributed by atoms with Crippen LogP contribution in [0.15, 0.2) is 40.9 Å². The molecule has 0 unspecified atom stereocenters. The molecule has 0 amide bonds. The number of halogens is 3. The van der Waals surface area contributed by atoms with Crippen molar-refractivity contribution in [3.63, 3.8) is 0 Å². The van der Waals surface area contributed by atoms with Crippen LogP contribution in [0.3, 0.4) is 0 Å². The van der Waals surface area contributed by atoms with Crippen molar-refractivity contribution in [3.05, 3.63) is 63.6 Å². The minimum absolute atomic E-state index is 0.207. The van der Waals surface area contributed by atoms with Crippen LogP contribution in [0.2, 0.25) is 0 Å². The fourth-order valence-corrected chi connectivity index (χ4v) is 2.14. The molecule has 0 bridgehead atoms. The first-order valence-electron chi connectivity index (χ1n) is 5.50. The second-order valence-corrected chi connectivity index (χ2v) is 4.92. The zero-order valence-corrected chi connectivity index (χ0v) is 11.4. The Morgan fingerprint density at radius 1 is 1.11 bits per heavy atom. The first kappa shape index (κ1) is 13.0. The Morgan fingerprint density at radius 2 is 1.89 bits per heavy atom. The standard InChI is InChI=1S/C14H12BrF2N/c1-9-6-10(2-4-13(9)17)8-18-14-5-3-11(16)7-12(14)15/h2-7,18H,8H2,1H3. The molecule has 2 aromatic rings. The lowest BCUT2D eigenvalue weighted by molar-refractivity contribution is 0.617. The lowest BCUT2D eigenvalue weighted by Gasteiger charge is -2.09. The van der Waals surface area contributed by atoms with Crippen molar-refractivity contribution < 1.29 is 8.78 Å². The van der Waals surface area contributed by atoms with E-state index < -0.39 is 0 Å². The number of hydrogen-bond acceptors (Lipinski definition) is 1. The van der Waals surface area contributed by atoms with Crippen LogP contribution in [0, 0.1) is 18.6 Å². The van der Waals surface area contributed by atoms with E-state index in [-0.39, 0.29) is 11.6 Å². The average molecular weight is 312 g/mol. The van der Waals surface area contributed by atoms with E-state index >= 15 is 0 Å². The largest absolute Gasteiger partial charge is 0.380 e. The van der Waals surface area contributed by atoms with E-state index in [1.54, 1.807) is 25.1 Å². The summed E-state index contributed by atoms with van der Waals surface area (Å²) >= 11 is 3.28. The predicted molar refractivity (Wildman–Crippen MR) is 72.6 cm³/mol. The first-order chi connectivity index (χ1) is 8.56. The van der Waals surface area contributed by atoms with Crippen molar-refractivity contribution in [3.8, 4) is 0 Å². The Balaban J connectivity index is 2.09. The maximum absolute atomic E-state index is 13.1. The maximum atomic E-state index is 13.1. The molecule has 18 heavy (non-hydrogen) atoms. The van der Waals surface area contributed by atoms with Crippen LogP contribution in [0.25, 0.3) is 0 Å². The Bertz CT molecular complexity index is 570. The molecule has 0 spiro atoms. The van der Waals surface area contributed by atoms with Crippen molar-refractivity contribution in [1.29, 1.82) is 0 Å². The molecule has 2 rings (SSSR count). The average Bonchev–Trinajstić information content (AvgIpc) is 2.32. The highest BCUT2D eigenvalue weighted by atomic mass is 79.9. The zero-order valence-electron chi connectivity index (χ0n) is 9.81. The number of aryl methyl sites for hydroxylation is 1. The summed E-state index contributed by atoms with van der Waals surface area (Å²) in [4.78, 5) is 0. The molecule has 0 heterocycles. The third-order valence-corrected chi connectivity index (χ3v) is 3.29. The van der Waals surface area contributed by atoms with Crippen LogP contribution < -0.4 is 5.32 Å². The van der Waals surface area contributed by atoms with Crippen LogP contribution in [0.4, 0.5) is 14.5 Å². The molecular formula is C14H12BrF2N. The van der Waals surface area contributed by atoms with E-state index in [4.69, 9.17) is 0 Å². The minimum atomic E-state index is -0.287. The number of hydrogen-bond donors (Lipinski definition) is 1. The van der Waals surface area contributed by atoms with Gasteiger partial charge in [-0.25, -0.2) is 8.78 Å². The quantitative estimate of drug-likeness (QED) is 0.870. The van der Waals surface area contributed by atoms with Gasteiger partial charge in [-0.1, -0.05) is 12.1 Å². The van der Waals surface area contributed by atoms with Gasteiger partial charge < -0.3 is 5.32 Å². The molecule has 4 heteroatoms. The summed E-state index contributed by atoms with van der Waals surface area (Å²) in [6.45, 7) is 2.29. The van der Waals surface area contributed by atoms with E-state index in [0.717, 1.165) is 11.3 Å². The normalized spacial score (nSPS) is 10.4. The number of rotatable bonds is 3. The van der Waals surface area contributed by atoms with Crippen LogP contribution in [0.1, 0.15) is 11.1 Å². The van der Waals surface area contributed by atoms with Gasteiger partial charge in [-0.3, -0.25) is 0 Å². The fourth-order valence-electron chi connectivity index (χ4n) is 1.65. The molecule has 0 aromatic heterocycles. The molecule has 0 aliphatic carbocycles. The van der Waals surface area contributed by atoms with Gasteiger partial charge in [-0.15, -0.1) is 0 Å². The molecule has 0 aliphatic rings. The van der Waals surface area contributed by atoms with E-state index in [0.29, 0.717) is 16.6 Å². The summed E-state index contributed by atoms with van der Waals surface area (Å²) in [5.41, 5.74) is 2.40. The third kappa shape index (κ3) is 3.07. The van der Waals surface area contributed by atoms with Gasteiger partial charge in [0.1, 0.15) is 11.6 Å². The maximum Gasteiger partial charge on any atom is 0.126 e. The van der Waals surface area contributed by atoms with Crippen LogP contribution in [-0.2, 0) is 6.54 Å². The summed E-state index contributed by atoms with van der Waals surface area (Å²) in [7, 11) is 0. The van der Waals surface area contributed by atoms with E-state index in [1.807, 2.05) is 0 Å². The third-order valence-electron chi connectivity index (χ3n) is 2.64. The highest BCUT2D eigenvalue weighted by molar-refractivity contribution is 9.10. The van der Waals surface area contributed by atoms with E-state index in [9.17, 15) is 8.78 Å². The lowest BCUT2D eigenvalue weighted by Crippen LogP contribution is -2.01. The van der Waals surface area contributed by atoms with Crippen molar-refractivity contribution >= 4 is 21.6 Å². The Morgan fingerprint density at radius 3 is 2.56 bits per heavy atom. The molecule has 0 atom stereocenters. The number of benzene rings is 2. The van der Waals surface area contributed by atoms with Crippen LogP contribution >= 0.6 is 15.9 Å². The molecule has 0 saturated carbocycles. The zero-order chi connectivity index (χ0) is 13.1. The first-order valence-corrected chi connectivity index (χ1v) is 6.29. The van der Waals surface area contributed by atoms with Gasteiger partial charge in [0.2, 0.25) is 0 Å². The van der Waals surface area contributed by atoms with Crippen molar-refractivity contribution in [2.45, 2.75) is 13.5 Å². The Hall–Kier alpha value is -1.42. The number of anilines is 1. The van der Waals surface area contributed by atoms with E-state index in [2.05, 4.69) is 21.2 Å². The second-order valence-electron chi connectivity index (χ2n) is 4.06. The Kier molecular flexibility index (Phi) is 3.97. The van der Waals surface area contributed by atoms with Gasteiger partial charge in [0.25, 0.3) is 0 Å². The molecule has 1 nitrogen and oxygen atoms in total. The number of nitrogens with one attached hydrogen (secondary N) is 1. The van der Waals surface area contributed by atoms with Gasteiger partial charge in [0.15, 0.2) is 0 Å². The second kappa shape index (κ2) is 5.48. The predicted octanol–water partition coefficient (Wildman–Crippen LogP) is 4.65. The minimum Gasteiger partial charge on any atom is -0.380 e. The van der Waals surface area contributed by atoms with Gasteiger partial charge in [0, 0.05) is 16.7 Å². The van der Waals surface area contributed by atoms with Gasteiger partial charge in [-0.2, -0.15) is 0 Å². The molecule has 0 radical (unpaired) electrons. The van der Waals surface area contributed by atoms with Gasteiger partial charge in [-0.05, 0) is 58.2 Å². The topological polar surface area (TPSA) is 12.0 Å². The van der Waals surface area contributed by atoms with E-state index in [1.165, 1.54) is 18.2 Å². The molecule has 0 aliphatic heterocycles. The SMILES string of the molecule is Cc1cc(CNc2ccc(F)cc2Br)ccc1F.